The van der Waals surface area contributed by atoms with Crippen LogP contribution in [-0.4, -0.2) is 34.8 Å². The van der Waals surface area contributed by atoms with E-state index in [0.29, 0.717) is 13.2 Å². The molecule has 4 rings (SSSR count). The molecule has 0 saturated carbocycles. The van der Waals surface area contributed by atoms with E-state index in [1.807, 2.05) is 30.5 Å². The zero-order chi connectivity index (χ0) is 17.8. The van der Waals surface area contributed by atoms with E-state index in [1.54, 1.807) is 0 Å². The van der Waals surface area contributed by atoms with Gasteiger partial charge in [-0.25, -0.2) is 0 Å². The van der Waals surface area contributed by atoms with Gasteiger partial charge in [-0.15, -0.1) is 0 Å². The Bertz CT molecular complexity index is 956. The van der Waals surface area contributed by atoms with Crippen LogP contribution in [0, 0.1) is 0 Å². The van der Waals surface area contributed by atoms with Gasteiger partial charge in [0, 0.05) is 18.2 Å². The summed E-state index contributed by atoms with van der Waals surface area (Å²) in [7, 11) is 0. The molecular weight excluding hydrogens is 326 g/mol. The largest absolute Gasteiger partial charge is 0.494 e. The molecule has 2 heterocycles. The molecule has 0 spiro atoms. The van der Waals surface area contributed by atoms with Crippen molar-refractivity contribution in [1.29, 1.82) is 0 Å². The second kappa shape index (κ2) is 7.49. The predicted molar refractivity (Wildman–Crippen MR) is 104 cm³/mol. The summed E-state index contributed by atoms with van der Waals surface area (Å²) in [5.74, 6) is 0.857. The van der Waals surface area contributed by atoms with E-state index in [2.05, 4.69) is 38.6 Å². The lowest BCUT2D eigenvalue weighted by atomic mass is 10.0. The van der Waals surface area contributed by atoms with E-state index in [0.717, 1.165) is 52.9 Å². The molecule has 0 saturated heterocycles. The summed E-state index contributed by atoms with van der Waals surface area (Å²) in [6.45, 7) is 1.29. The molecule has 0 aliphatic carbocycles. The van der Waals surface area contributed by atoms with Crippen molar-refractivity contribution < 1.29 is 4.74 Å². The third kappa shape index (κ3) is 3.65. The van der Waals surface area contributed by atoms with Gasteiger partial charge in [0.2, 0.25) is 0 Å². The number of rotatable bonds is 7. The minimum atomic E-state index is 0.641. The van der Waals surface area contributed by atoms with Crippen LogP contribution in [0.3, 0.4) is 0 Å². The first kappa shape index (κ1) is 16.5. The molecule has 132 valence electrons. The molecule has 3 N–H and O–H groups in total. The van der Waals surface area contributed by atoms with E-state index >= 15 is 0 Å². The molecule has 6 heteroatoms. The van der Waals surface area contributed by atoms with Crippen LogP contribution in [0.2, 0.25) is 0 Å². The molecule has 0 atom stereocenters. The Labute approximate surface area is 151 Å². The number of H-pyrrole nitrogens is 1. The molecule has 0 fully saturated rings. The summed E-state index contributed by atoms with van der Waals surface area (Å²) in [6.07, 6.45) is 4.27. The Morgan fingerprint density at radius 1 is 1.08 bits per heavy atom. The molecule has 6 nitrogen and oxygen atoms in total. The average molecular weight is 347 g/mol. The van der Waals surface area contributed by atoms with Crippen LogP contribution in [0.5, 0.6) is 5.75 Å². The van der Waals surface area contributed by atoms with Crippen molar-refractivity contribution in [3.05, 3.63) is 59.8 Å². The van der Waals surface area contributed by atoms with Gasteiger partial charge in [-0.2, -0.15) is 15.3 Å². The Kier molecular flexibility index (Phi) is 4.75. The average Bonchev–Trinajstić information content (AvgIpc) is 3.32. The number of hydrogen-bond donors (Lipinski definition) is 2. The van der Waals surface area contributed by atoms with Crippen LogP contribution in [-0.2, 0) is 6.42 Å². The molecule has 1 aliphatic heterocycles. The SMILES string of the molecule is NCCCOc1ccc(C2=NN=C(Cc3ccc4[nH]ncc4c3)C2)cc1. The third-order valence-corrected chi connectivity index (χ3v) is 4.40. The molecular formula is C20H21N5O. The monoisotopic (exact) mass is 347 g/mol. The van der Waals surface area contributed by atoms with E-state index in [-0.39, 0.29) is 0 Å². The highest BCUT2D eigenvalue weighted by Gasteiger charge is 2.15. The van der Waals surface area contributed by atoms with Crippen LogP contribution in [0.25, 0.3) is 10.9 Å². The molecule has 0 radical (unpaired) electrons. The van der Waals surface area contributed by atoms with Crippen molar-refractivity contribution in [3.8, 4) is 5.75 Å². The standard InChI is InChI=1S/C20H21N5O/c21-8-1-9-26-18-5-3-15(4-6-18)20-12-17(23-25-20)11-14-2-7-19-16(10-14)13-22-24-19/h2-7,10,13H,1,8-9,11-12,21H2,(H,22,24). The highest BCUT2D eigenvalue weighted by molar-refractivity contribution is 6.15. The zero-order valence-corrected chi connectivity index (χ0v) is 14.5. The van der Waals surface area contributed by atoms with Crippen molar-refractivity contribution in [2.45, 2.75) is 19.3 Å². The molecule has 0 unspecified atom stereocenters. The van der Waals surface area contributed by atoms with E-state index in [9.17, 15) is 0 Å². The number of benzene rings is 2. The first-order chi connectivity index (χ1) is 12.8. The second-order valence-corrected chi connectivity index (χ2v) is 6.37. The Morgan fingerprint density at radius 2 is 1.96 bits per heavy atom. The molecule has 1 aliphatic rings. The Hall–Kier alpha value is -2.99. The molecule has 1 aromatic heterocycles. The van der Waals surface area contributed by atoms with Crippen LogP contribution < -0.4 is 10.5 Å². The summed E-state index contributed by atoms with van der Waals surface area (Å²) in [6, 6.07) is 14.3. The Balaban J connectivity index is 1.36. The second-order valence-electron chi connectivity index (χ2n) is 6.37. The number of nitrogens with one attached hydrogen (secondary N) is 1. The van der Waals surface area contributed by atoms with Gasteiger partial charge in [-0.3, -0.25) is 5.10 Å². The van der Waals surface area contributed by atoms with Gasteiger partial charge in [0.1, 0.15) is 5.75 Å². The van der Waals surface area contributed by atoms with Crippen LogP contribution in [0.1, 0.15) is 24.0 Å². The molecule has 3 aromatic rings. The van der Waals surface area contributed by atoms with Gasteiger partial charge in [0.15, 0.2) is 0 Å². The van der Waals surface area contributed by atoms with Gasteiger partial charge >= 0.3 is 0 Å². The lowest BCUT2D eigenvalue weighted by Crippen LogP contribution is -2.07. The number of nitrogens with two attached hydrogens (primary N) is 1. The fourth-order valence-electron chi connectivity index (χ4n) is 3.01. The highest BCUT2D eigenvalue weighted by Crippen LogP contribution is 2.19. The van der Waals surface area contributed by atoms with Crippen molar-refractivity contribution >= 4 is 22.3 Å². The van der Waals surface area contributed by atoms with Gasteiger partial charge in [0.25, 0.3) is 0 Å². The number of aromatic nitrogens is 2. The van der Waals surface area contributed by atoms with Crippen LogP contribution >= 0.6 is 0 Å². The van der Waals surface area contributed by atoms with Crippen molar-refractivity contribution in [1.82, 2.24) is 10.2 Å². The summed E-state index contributed by atoms with van der Waals surface area (Å²) >= 11 is 0. The van der Waals surface area contributed by atoms with Crippen molar-refractivity contribution in [3.63, 3.8) is 0 Å². The maximum Gasteiger partial charge on any atom is 0.119 e. The summed E-state index contributed by atoms with van der Waals surface area (Å²) < 4.78 is 5.64. The zero-order valence-electron chi connectivity index (χ0n) is 14.5. The van der Waals surface area contributed by atoms with E-state index < -0.39 is 0 Å². The minimum absolute atomic E-state index is 0.641. The quantitative estimate of drug-likeness (QED) is 0.644. The number of aromatic amines is 1. The molecule has 0 bridgehead atoms. The van der Waals surface area contributed by atoms with Crippen LogP contribution in [0.15, 0.2) is 58.9 Å². The number of hydrogen-bond acceptors (Lipinski definition) is 5. The topological polar surface area (TPSA) is 88.6 Å². The fourth-order valence-corrected chi connectivity index (χ4v) is 3.01. The predicted octanol–water partition coefficient (Wildman–Crippen LogP) is 3.08. The molecule has 26 heavy (non-hydrogen) atoms. The number of ether oxygens (including phenoxy) is 1. The van der Waals surface area contributed by atoms with Gasteiger partial charge in [-0.1, -0.05) is 6.07 Å². The van der Waals surface area contributed by atoms with E-state index in [4.69, 9.17) is 10.5 Å². The minimum Gasteiger partial charge on any atom is -0.494 e. The smallest absolute Gasteiger partial charge is 0.119 e. The number of nitrogens with zero attached hydrogens (tertiary/aromatic N) is 3. The molecule has 2 aromatic carbocycles. The normalized spacial score (nSPS) is 13.7. The summed E-state index contributed by atoms with van der Waals surface area (Å²) in [4.78, 5) is 0. The maximum atomic E-state index is 5.64. The fraction of sp³-hybridized carbons (Fsp3) is 0.250. The lowest BCUT2D eigenvalue weighted by Gasteiger charge is -2.06. The summed E-state index contributed by atoms with van der Waals surface area (Å²) in [5.41, 5.74) is 10.9. The summed E-state index contributed by atoms with van der Waals surface area (Å²) in [5, 5.41) is 16.9. The lowest BCUT2D eigenvalue weighted by molar-refractivity contribution is 0.313. The van der Waals surface area contributed by atoms with Crippen LogP contribution in [0.4, 0.5) is 0 Å². The first-order valence-electron chi connectivity index (χ1n) is 8.79. The van der Waals surface area contributed by atoms with Crippen molar-refractivity contribution in [2.24, 2.45) is 15.9 Å². The Morgan fingerprint density at radius 3 is 2.81 bits per heavy atom. The molecule has 0 amide bonds. The van der Waals surface area contributed by atoms with Crippen molar-refractivity contribution in [2.75, 3.05) is 13.2 Å². The van der Waals surface area contributed by atoms with Gasteiger partial charge < -0.3 is 10.5 Å². The maximum absolute atomic E-state index is 5.64. The van der Waals surface area contributed by atoms with Gasteiger partial charge in [-0.05, 0) is 60.5 Å². The van der Waals surface area contributed by atoms with Gasteiger partial charge in [0.05, 0.1) is 29.7 Å². The van der Waals surface area contributed by atoms with E-state index in [1.165, 1.54) is 5.56 Å². The third-order valence-electron chi connectivity index (χ3n) is 4.40. The first-order valence-corrected chi connectivity index (χ1v) is 8.79. The highest BCUT2D eigenvalue weighted by atomic mass is 16.5. The number of fused-ring (bicyclic) bond motifs is 1.